The Kier molecular flexibility index (Phi) is 4.76. The van der Waals surface area contributed by atoms with Crippen LogP contribution in [0.15, 0.2) is 0 Å². The zero-order chi connectivity index (χ0) is 9.83. The topological polar surface area (TPSA) is 43.4 Å². The van der Waals surface area contributed by atoms with Crippen LogP contribution in [0.5, 0.6) is 0 Å². The predicted molar refractivity (Wildman–Crippen MR) is 53.1 cm³/mol. The Balaban J connectivity index is 4.52. The normalized spacial score (nSPS) is 13.3. The van der Waals surface area contributed by atoms with Crippen molar-refractivity contribution in [3.63, 3.8) is 0 Å². The number of halogens is 1. The van der Waals surface area contributed by atoms with E-state index >= 15 is 0 Å². The molecule has 0 atom stereocenters. The molecule has 3 nitrogen and oxygen atoms in total. The van der Waals surface area contributed by atoms with E-state index < -0.39 is 17.6 Å². The summed E-state index contributed by atoms with van der Waals surface area (Å²) in [6.45, 7) is 5.84. The van der Waals surface area contributed by atoms with Crippen molar-refractivity contribution in [1.29, 1.82) is 0 Å². The molecule has 0 aromatic carbocycles. The lowest BCUT2D eigenvalue weighted by molar-refractivity contribution is 0.491. The fraction of sp³-hybridized carbons (Fsp3) is 1.00. The Morgan fingerprint density at radius 2 is 1.50 bits per heavy atom. The highest BCUT2D eigenvalue weighted by atomic mass is 35.7. The van der Waals surface area contributed by atoms with Crippen LogP contribution in [0.1, 0.15) is 20.8 Å². The molecular weight excluding hydrogens is 216 g/mol. The van der Waals surface area contributed by atoms with Crippen molar-refractivity contribution in [1.82, 2.24) is 0 Å². The van der Waals surface area contributed by atoms with Gasteiger partial charge in [0, 0.05) is 10.7 Å². The lowest BCUT2D eigenvalue weighted by Crippen LogP contribution is -2.36. The second-order valence-electron chi connectivity index (χ2n) is 2.72. The van der Waals surface area contributed by atoms with Crippen LogP contribution in [0.4, 0.5) is 0 Å². The van der Waals surface area contributed by atoms with E-state index in [0.29, 0.717) is 0 Å². The van der Waals surface area contributed by atoms with Crippen molar-refractivity contribution >= 4 is 28.3 Å². The van der Waals surface area contributed by atoms with Gasteiger partial charge in [0.15, 0.2) is 0 Å². The third kappa shape index (κ3) is 3.89. The summed E-state index contributed by atoms with van der Waals surface area (Å²) in [6, 6.07) is 2.35. The predicted octanol–water partition coefficient (Wildman–Crippen LogP) is 2.49. The van der Waals surface area contributed by atoms with Gasteiger partial charge in [0.05, 0.1) is 0 Å². The van der Waals surface area contributed by atoms with E-state index in [4.69, 9.17) is 14.6 Å². The minimum Gasteiger partial charge on any atom is -0.303 e. The van der Waals surface area contributed by atoms with Crippen molar-refractivity contribution in [3.8, 4) is 0 Å². The molecule has 0 spiro atoms. The maximum Gasteiger partial charge on any atom is 0.346 e. The average molecular weight is 231 g/mol. The van der Waals surface area contributed by atoms with Crippen molar-refractivity contribution in [2.75, 3.05) is 0 Å². The highest BCUT2D eigenvalue weighted by Gasteiger charge is 2.33. The van der Waals surface area contributed by atoms with Crippen LogP contribution in [0.3, 0.4) is 0 Å². The first-order valence-corrected chi connectivity index (χ1v) is 8.80. The first-order valence-electron chi connectivity index (χ1n) is 4.04. The second kappa shape index (κ2) is 4.60. The van der Waals surface area contributed by atoms with Crippen LogP contribution in [0.25, 0.3) is 0 Å². The van der Waals surface area contributed by atoms with Gasteiger partial charge in [-0.2, -0.15) is 8.42 Å². The molecule has 6 heteroatoms. The van der Waals surface area contributed by atoms with Crippen LogP contribution in [-0.2, 0) is 13.2 Å². The van der Waals surface area contributed by atoms with Crippen LogP contribution in [-0.4, -0.2) is 16.7 Å². The summed E-state index contributed by atoms with van der Waals surface area (Å²) in [7, 11) is -0.818. The molecule has 0 radical (unpaired) electrons. The first kappa shape index (κ1) is 12.4. The molecule has 0 aromatic heterocycles. The number of hydrogen-bond donors (Lipinski definition) is 0. The molecule has 0 saturated heterocycles. The second-order valence-corrected chi connectivity index (χ2v) is 9.79. The molecule has 12 heavy (non-hydrogen) atoms. The molecule has 0 aliphatic heterocycles. The summed E-state index contributed by atoms with van der Waals surface area (Å²) in [5.74, 6) is 0. The van der Waals surface area contributed by atoms with E-state index in [1.807, 2.05) is 20.8 Å². The minimum atomic E-state index is -3.78. The fourth-order valence-corrected chi connectivity index (χ4v) is 6.94. The molecule has 0 aliphatic carbocycles. The molecule has 0 unspecified atom stereocenters. The summed E-state index contributed by atoms with van der Waals surface area (Å²) >= 11 is 0. The molecule has 0 N–H and O–H groups in total. The van der Waals surface area contributed by atoms with Gasteiger partial charge in [-0.3, -0.25) is 0 Å². The maximum atomic E-state index is 10.7. The van der Waals surface area contributed by atoms with Crippen molar-refractivity contribution in [3.05, 3.63) is 0 Å². The number of hydrogen-bond acceptors (Lipinski definition) is 3. The summed E-state index contributed by atoms with van der Waals surface area (Å²) in [6.07, 6.45) is 0. The van der Waals surface area contributed by atoms with E-state index in [2.05, 4.69) is 0 Å². The lowest BCUT2D eigenvalue weighted by atomic mass is 10.9. The van der Waals surface area contributed by atoms with Crippen molar-refractivity contribution in [2.24, 2.45) is 0 Å². The number of rotatable bonds is 5. The molecular formula is C6H15ClO3SSi. The zero-order valence-electron chi connectivity index (χ0n) is 7.63. The maximum absolute atomic E-state index is 10.7. The smallest absolute Gasteiger partial charge is 0.303 e. The molecule has 0 rings (SSSR count). The largest absolute Gasteiger partial charge is 0.346 e. The SMILES string of the molecule is CC[Si](CC)(CC)OS(=O)(=O)Cl. The van der Waals surface area contributed by atoms with Gasteiger partial charge in [-0.25, -0.2) is 0 Å². The average Bonchev–Trinajstić information content (AvgIpc) is 1.99. The Morgan fingerprint density at radius 1 is 1.17 bits per heavy atom. The van der Waals surface area contributed by atoms with Gasteiger partial charge < -0.3 is 3.87 Å². The van der Waals surface area contributed by atoms with E-state index in [1.165, 1.54) is 0 Å². The standard InChI is InChI=1S/C6H15ClO3SSi/c1-4-12(5-2,6-3)10-11(7,8)9/h4-6H2,1-3H3. The third-order valence-corrected chi connectivity index (χ3v) is 8.85. The van der Waals surface area contributed by atoms with Gasteiger partial charge in [-0.05, 0) is 18.1 Å². The Bertz CT molecular complexity index is 215. The lowest BCUT2D eigenvalue weighted by Gasteiger charge is -2.24. The van der Waals surface area contributed by atoms with Crippen molar-refractivity contribution < 1.29 is 12.3 Å². The Morgan fingerprint density at radius 3 is 1.58 bits per heavy atom. The van der Waals surface area contributed by atoms with Crippen molar-refractivity contribution in [2.45, 2.75) is 38.9 Å². The third-order valence-electron chi connectivity index (χ3n) is 2.21. The Labute approximate surface area is 79.8 Å². The van der Waals surface area contributed by atoms with Gasteiger partial charge in [-0.15, -0.1) is 0 Å². The molecule has 0 fully saturated rings. The van der Waals surface area contributed by atoms with E-state index in [9.17, 15) is 8.42 Å². The molecule has 0 bridgehead atoms. The molecule has 0 aliphatic rings. The van der Waals surface area contributed by atoms with Crippen LogP contribution < -0.4 is 0 Å². The van der Waals surface area contributed by atoms with Crippen LogP contribution in [0, 0.1) is 0 Å². The van der Waals surface area contributed by atoms with E-state index in [1.54, 1.807) is 0 Å². The molecule has 74 valence electrons. The molecule has 0 amide bonds. The quantitative estimate of drug-likeness (QED) is 0.539. The molecule has 0 aromatic rings. The highest BCUT2D eigenvalue weighted by Crippen LogP contribution is 2.24. The van der Waals surface area contributed by atoms with E-state index in [0.717, 1.165) is 18.1 Å². The van der Waals surface area contributed by atoms with E-state index in [-0.39, 0.29) is 0 Å². The van der Waals surface area contributed by atoms with Gasteiger partial charge in [-0.1, -0.05) is 20.8 Å². The summed E-state index contributed by atoms with van der Waals surface area (Å²) in [4.78, 5) is 0. The monoisotopic (exact) mass is 230 g/mol. The summed E-state index contributed by atoms with van der Waals surface area (Å²) < 4.78 is 26.4. The summed E-state index contributed by atoms with van der Waals surface area (Å²) in [5.41, 5.74) is 0. The highest BCUT2D eigenvalue weighted by molar-refractivity contribution is 8.10. The van der Waals surface area contributed by atoms with Gasteiger partial charge in [0.1, 0.15) is 0 Å². The first-order chi connectivity index (χ1) is 5.39. The summed E-state index contributed by atoms with van der Waals surface area (Å²) in [5, 5.41) is 0. The van der Waals surface area contributed by atoms with Gasteiger partial charge in [0.25, 0.3) is 0 Å². The minimum absolute atomic E-state index is 0.784. The Hall–Kier alpha value is 0.417. The fourth-order valence-electron chi connectivity index (χ4n) is 1.14. The van der Waals surface area contributed by atoms with Crippen LogP contribution in [0.2, 0.25) is 18.1 Å². The molecule has 0 saturated carbocycles. The van der Waals surface area contributed by atoms with Gasteiger partial charge >= 0.3 is 9.33 Å². The zero-order valence-corrected chi connectivity index (χ0v) is 10.2. The van der Waals surface area contributed by atoms with Gasteiger partial charge in [0.2, 0.25) is 8.32 Å². The van der Waals surface area contributed by atoms with Crippen LogP contribution >= 0.6 is 10.7 Å². The molecule has 0 heterocycles.